The summed E-state index contributed by atoms with van der Waals surface area (Å²) in [6, 6.07) is 0. The number of hydrogen-bond donors (Lipinski definition) is 2. The van der Waals surface area contributed by atoms with E-state index in [0.717, 1.165) is 0 Å². The Balaban J connectivity index is 1.22. The van der Waals surface area contributed by atoms with Crippen LogP contribution >= 0.6 is 14.9 Å². The number of fused-ring (bicyclic) bond motifs is 5. The van der Waals surface area contributed by atoms with Crippen molar-refractivity contribution in [1.82, 2.24) is 39.0 Å². The molecule has 8 unspecified atom stereocenters. The molecule has 24 heteroatoms. The lowest BCUT2D eigenvalue weighted by molar-refractivity contribution is -0.0578. The van der Waals surface area contributed by atoms with Crippen LogP contribution in [0.25, 0.3) is 22.3 Å². The number of rotatable bonds is 3. The highest BCUT2D eigenvalue weighted by molar-refractivity contribution is 7.79. The maximum Gasteiger partial charge on any atom is 0.279 e. The van der Waals surface area contributed by atoms with Gasteiger partial charge in [-0.1, -0.05) is 0 Å². The van der Waals surface area contributed by atoms with Crippen molar-refractivity contribution in [2.75, 3.05) is 26.1 Å². The van der Waals surface area contributed by atoms with E-state index in [9.17, 15) is 13.9 Å². The van der Waals surface area contributed by atoms with E-state index in [1.807, 2.05) is 0 Å². The molecule has 0 radical (unpaired) electrons. The van der Waals surface area contributed by atoms with Gasteiger partial charge in [0.2, 0.25) is 0 Å². The van der Waals surface area contributed by atoms with Crippen LogP contribution in [0, 0.1) is 6.92 Å². The Morgan fingerprint density at radius 3 is 2.30 bits per heavy atom. The van der Waals surface area contributed by atoms with E-state index in [1.165, 1.54) is 50.4 Å². The number of imidazole rings is 2. The Labute approximate surface area is 260 Å². The molecule has 19 nitrogen and oxygen atoms in total. The molecule has 4 aromatic rings. The number of nitrogen functional groups attached to an aromatic ring is 1. The summed E-state index contributed by atoms with van der Waals surface area (Å²) in [6.45, 7) is 0.742. The van der Waals surface area contributed by atoms with Crippen LogP contribution in [-0.4, -0.2) is 111 Å². The van der Waals surface area contributed by atoms with Crippen molar-refractivity contribution in [1.29, 1.82) is 0 Å². The highest BCUT2D eigenvalue weighted by atomic mass is 31.2. The second kappa shape index (κ2) is 11.6. The van der Waals surface area contributed by atoms with Gasteiger partial charge in [-0.15, -0.1) is 0 Å². The molecule has 3 aliphatic rings. The molecule has 7 heterocycles. The molecular weight excluding hydrogens is 653 g/mol. The maximum atomic E-state index is 16.1. The van der Waals surface area contributed by atoms with Crippen LogP contribution in [0.2, 0.25) is 0 Å². The molecule has 3 N–H and O–H groups in total. The first-order valence-corrected chi connectivity index (χ1v) is 18.0. The van der Waals surface area contributed by atoms with Crippen molar-refractivity contribution in [2.24, 2.45) is 0 Å². The van der Waals surface area contributed by atoms with Crippen LogP contribution in [0.5, 0.6) is 0 Å². The minimum Gasteiger partial charge on any atom is -0.382 e. The number of aryl methyl sites for hydroxylation is 1. The number of hydrogen-bond acceptors (Lipinski definition) is 16. The Kier molecular flexibility index (Phi) is 7.93. The van der Waals surface area contributed by atoms with Gasteiger partial charge in [0.25, 0.3) is 35.6 Å². The fraction of sp³-hybridized carbons (Fsp3) is 0.545. The third kappa shape index (κ3) is 5.50. The Hall–Kier alpha value is -3.06. The zero-order valence-electron chi connectivity index (χ0n) is 24.8. The first kappa shape index (κ1) is 31.5. The number of H-pyrrole nitrogens is 1. The maximum absolute atomic E-state index is 16.1. The molecule has 46 heavy (non-hydrogen) atoms. The van der Waals surface area contributed by atoms with Gasteiger partial charge in [0.05, 0.1) is 25.9 Å². The molecule has 4 aromatic heterocycles. The van der Waals surface area contributed by atoms with Gasteiger partial charge in [-0.3, -0.25) is 23.1 Å². The average Bonchev–Trinajstić information content (AvgIpc) is 3.75. The van der Waals surface area contributed by atoms with Crippen molar-refractivity contribution >= 4 is 58.2 Å². The lowest BCUT2D eigenvalue weighted by Crippen LogP contribution is -2.37. The Morgan fingerprint density at radius 1 is 0.957 bits per heavy atom. The van der Waals surface area contributed by atoms with Gasteiger partial charge in [-0.05, 0) is 6.92 Å². The van der Waals surface area contributed by atoms with Gasteiger partial charge in [-0.2, -0.15) is 0 Å². The number of aromatic nitrogens is 8. The lowest BCUT2D eigenvalue weighted by atomic mass is 10.1. The SMILES string of the molecule is B[P@]1(=O)OCC2OC(n3cnc4c(=O)[nH]c(C)nc43)C(O[P@@](B)(=O)OCC3OC(n4cnc5c(N)ncnc54)C(F)C3O1)C2OC. The van der Waals surface area contributed by atoms with Gasteiger partial charge < -0.3 is 43.0 Å². The second-order valence-corrected chi connectivity index (χ2v) is 15.1. The second-order valence-electron chi connectivity index (χ2n) is 11.1. The Bertz CT molecular complexity index is 1970. The first-order chi connectivity index (χ1) is 21.9. The van der Waals surface area contributed by atoms with E-state index in [4.69, 9.17) is 38.0 Å². The molecule has 2 bridgehead atoms. The molecule has 0 aliphatic carbocycles. The zero-order chi connectivity index (χ0) is 32.5. The summed E-state index contributed by atoms with van der Waals surface area (Å²) in [7, 11) is -4.24. The standard InChI is InChI=1S/C22H28B2FN9O10P2/c1-8-31-19-13(20(35)32-8)30-7-34(19)22-16-15(38-2)10(42-22)4-40-45(23,36)43-14-9(3-39-46(24,37)44-16)41-21(11(14)25)33-6-29-12-17(26)27-5-28-18(12)33/h5-7,9-11,14-16,21-22H,3-4,23-24H2,1-2H3,(H2,26,27,28)(H,31,32,35)/t9?,10?,11?,14?,15?,16?,21?,22?,45-,46-/m0/s1. The van der Waals surface area contributed by atoms with Gasteiger partial charge >= 0.3 is 0 Å². The number of nitrogens with two attached hydrogens (primary N) is 1. The minimum atomic E-state index is -4.02. The van der Waals surface area contributed by atoms with Crippen LogP contribution < -0.4 is 11.3 Å². The quantitative estimate of drug-likeness (QED) is 0.201. The van der Waals surface area contributed by atoms with E-state index in [0.29, 0.717) is 5.82 Å². The van der Waals surface area contributed by atoms with Crippen molar-refractivity contribution in [2.45, 2.75) is 56.1 Å². The van der Waals surface area contributed by atoms with Gasteiger partial charge in [-0.25, -0.2) is 29.3 Å². The van der Waals surface area contributed by atoms with Crippen LogP contribution in [-0.2, 0) is 41.4 Å². The largest absolute Gasteiger partial charge is 0.382 e. The van der Waals surface area contributed by atoms with E-state index in [-0.39, 0.29) is 34.8 Å². The molecule has 0 amide bonds. The summed E-state index contributed by atoms with van der Waals surface area (Å²) in [5.74, 6) is 0.407. The predicted octanol–water partition coefficient (Wildman–Crippen LogP) is -0.702. The summed E-state index contributed by atoms with van der Waals surface area (Å²) >= 11 is 0. The molecule has 0 spiro atoms. The summed E-state index contributed by atoms with van der Waals surface area (Å²) in [5.41, 5.74) is 6.06. The van der Waals surface area contributed by atoms with Crippen molar-refractivity contribution < 1.29 is 45.8 Å². The van der Waals surface area contributed by atoms with Gasteiger partial charge in [0, 0.05) is 7.11 Å². The number of alkyl halides is 1. The van der Waals surface area contributed by atoms with Crippen molar-refractivity contribution in [3.63, 3.8) is 0 Å². The molecule has 10 atom stereocenters. The molecule has 7 rings (SSSR count). The topological polar surface area (TPSA) is 232 Å². The molecule has 244 valence electrons. The number of methoxy groups -OCH3 is 1. The molecule has 3 aliphatic heterocycles. The molecular formula is C22H28B2FN9O10P2. The summed E-state index contributed by atoms with van der Waals surface area (Å²) in [4.78, 5) is 35.8. The fourth-order valence-electron chi connectivity index (χ4n) is 5.84. The van der Waals surface area contributed by atoms with Gasteiger partial charge in [0.15, 0.2) is 41.3 Å². The molecule has 3 saturated heterocycles. The molecule has 0 saturated carbocycles. The fourth-order valence-corrected chi connectivity index (χ4v) is 8.16. The van der Waals surface area contributed by atoms with Gasteiger partial charge in [0.1, 0.15) is 48.2 Å². The monoisotopic (exact) mass is 681 g/mol. The predicted molar refractivity (Wildman–Crippen MR) is 160 cm³/mol. The number of anilines is 1. The first-order valence-electron chi connectivity index (χ1n) is 14.0. The normalized spacial score (nSPS) is 37.1. The van der Waals surface area contributed by atoms with Crippen LogP contribution in [0.4, 0.5) is 10.2 Å². The lowest BCUT2D eigenvalue weighted by Gasteiger charge is -2.28. The summed E-state index contributed by atoms with van der Waals surface area (Å²) in [6.07, 6.45) is -6.34. The number of ether oxygens (including phenoxy) is 3. The van der Waals surface area contributed by atoms with Crippen molar-refractivity contribution in [3.05, 3.63) is 35.2 Å². The van der Waals surface area contributed by atoms with Crippen LogP contribution in [0.1, 0.15) is 18.3 Å². The van der Waals surface area contributed by atoms with E-state index in [1.54, 1.807) is 6.92 Å². The highest BCUT2D eigenvalue weighted by Gasteiger charge is 2.53. The third-order valence-corrected chi connectivity index (χ3v) is 10.4. The number of halogens is 1. The van der Waals surface area contributed by atoms with Crippen LogP contribution in [0.3, 0.4) is 0 Å². The van der Waals surface area contributed by atoms with E-state index in [2.05, 4.69) is 29.9 Å². The van der Waals surface area contributed by atoms with E-state index >= 15 is 4.39 Å². The molecule has 0 aromatic carbocycles. The summed E-state index contributed by atoms with van der Waals surface area (Å²) < 4.78 is 87.5. The molecule has 3 fully saturated rings. The number of nitrogens with zero attached hydrogens (tertiary/aromatic N) is 7. The number of nitrogens with one attached hydrogen (secondary N) is 1. The Morgan fingerprint density at radius 2 is 1.59 bits per heavy atom. The van der Waals surface area contributed by atoms with Crippen molar-refractivity contribution in [3.8, 4) is 0 Å². The smallest absolute Gasteiger partial charge is 0.279 e. The summed E-state index contributed by atoms with van der Waals surface area (Å²) in [5, 5.41) is 0. The number of aromatic amines is 1. The minimum absolute atomic E-state index is 0.0398. The third-order valence-electron chi connectivity index (χ3n) is 7.88. The van der Waals surface area contributed by atoms with E-state index < -0.39 is 76.3 Å². The average molecular weight is 681 g/mol. The van der Waals surface area contributed by atoms with Crippen LogP contribution in [0.15, 0.2) is 23.8 Å². The zero-order valence-corrected chi connectivity index (χ0v) is 26.6. The highest BCUT2D eigenvalue weighted by Crippen LogP contribution is 2.54.